The molecule has 0 unspecified atom stereocenters. The Labute approximate surface area is 172 Å². The molecule has 0 aromatic heterocycles. The van der Waals surface area contributed by atoms with Gasteiger partial charge in [-0.2, -0.15) is 0 Å². The average Bonchev–Trinajstić information content (AvgIpc) is 2.69. The minimum Gasteiger partial charge on any atom is -0.482 e. The maximum absolute atomic E-state index is 13.7. The zero-order valence-corrected chi connectivity index (χ0v) is 16.5. The van der Waals surface area contributed by atoms with Crippen molar-refractivity contribution in [1.82, 2.24) is 0 Å². The second-order valence-electron chi connectivity index (χ2n) is 5.88. The Morgan fingerprint density at radius 2 is 1.62 bits per heavy atom. The van der Waals surface area contributed by atoms with Crippen LogP contribution in [0.1, 0.15) is 0 Å². The molecule has 2 N–H and O–H groups in total. The first-order valence-electron chi connectivity index (χ1n) is 8.40. The number of sulfonamides is 1. The fraction of sp³-hybridized carbons (Fsp3) is 0.0500. The maximum atomic E-state index is 13.7. The topological polar surface area (TPSA) is 84.5 Å². The molecule has 150 valence electrons. The van der Waals surface area contributed by atoms with Crippen LogP contribution < -0.4 is 14.8 Å². The number of para-hydroxylation sites is 2. The van der Waals surface area contributed by atoms with Crippen LogP contribution in [0.3, 0.4) is 0 Å². The standard InChI is InChI=1S/C20H16ClFN2O4S/c21-16-5-1-4-8-19(16)28-13-20(25)23-14-9-11-15(12-10-14)29(26,27)24-18-7-3-2-6-17(18)22/h1-12,24H,13H2,(H,23,25). The van der Waals surface area contributed by atoms with Gasteiger partial charge in [-0.1, -0.05) is 35.9 Å². The van der Waals surface area contributed by atoms with Crippen LogP contribution in [0.4, 0.5) is 15.8 Å². The molecule has 0 heterocycles. The van der Waals surface area contributed by atoms with Gasteiger partial charge in [-0.25, -0.2) is 12.8 Å². The average molecular weight is 435 g/mol. The number of rotatable bonds is 7. The number of nitrogens with one attached hydrogen (secondary N) is 2. The van der Waals surface area contributed by atoms with Crippen LogP contribution in [0.5, 0.6) is 5.75 Å². The number of carbonyl (C=O) groups excluding carboxylic acids is 1. The molecule has 29 heavy (non-hydrogen) atoms. The molecule has 0 bridgehead atoms. The van der Waals surface area contributed by atoms with Crippen LogP contribution in [0.2, 0.25) is 5.02 Å². The number of ether oxygens (including phenoxy) is 1. The summed E-state index contributed by atoms with van der Waals surface area (Å²) >= 11 is 5.95. The summed E-state index contributed by atoms with van der Waals surface area (Å²) in [6.07, 6.45) is 0. The van der Waals surface area contributed by atoms with E-state index < -0.39 is 21.7 Å². The highest BCUT2D eigenvalue weighted by Crippen LogP contribution is 2.23. The van der Waals surface area contributed by atoms with Crippen molar-refractivity contribution in [3.05, 3.63) is 83.6 Å². The molecule has 9 heteroatoms. The molecule has 0 radical (unpaired) electrons. The van der Waals surface area contributed by atoms with Gasteiger partial charge < -0.3 is 10.1 Å². The largest absolute Gasteiger partial charge is 0.482 e. The molecular formula is C20H16ClFN2O4S. The Kier molecular flexibility index (Phi) is 6.36. The Bertz CT molecular complexity index is 1120. The number of benzene rings is 3. The molecule has 0 spiro atoms. The Morgan fingerprint density at radius 3 is 2.31 bits per heavy atom. The lowest BCUT2D eigenvalue weighted by Crippen LogP contribution is -2.20. The first-order chi connectivity index (χ1) is 13.8. The third-order valence-electron chi connectivity index (χ3n) is 3.76. The van der Waals surface area contributed by atoms with Crippen molar-refractivity contribution in [2.45, 2.75) is 4.90 Å². The SMILES string of the molecule is O=C(COc1ccccc1Cl)Nc1ccc(S(=O)(=O)Nc2ccccc2F)cc1. The van der Waals surface area contributed by atoms with Crippen molar-refractivity contribution in [3.8, 4) is 5.75 Å². The third kappa shape index (κ3) is 5.46. The van der Waals surface area contributed by atoms with E-state index in [1.54, 1.807) is 24.3 Å². The first-order valence-corrected chi connectivity index (χ1v) is 10.3. The van der Waals surface area contributed by atoms with Crippen molar-refractivity contribution in [1.29, 1.82) is 0 Å². The summed E-state index contributed by atoms with van der Waals surface area (Å²) in [5.74, 6) is -0.742. The lowest BCUT2D eigenvalue weighted by Gasteiger charge is -2.11. The fourth-order valence-electron chi connectivity index (χ4n) is 2.37. The van der Waals surface area contributed by atoms with Gasteiger partial charge in [0.15, 0.2) is 6.61 Å². The predicted molar refractivity (Wildman–Crippen MR) is 109 cm³/mol. The predicted octanol–water partition coefficient (Wildman–Crippen LogP) is 4.30. The molecule has 0 atom stereocenters. The normalized spacial score (nSPS) is 11.0. The molecule has 0 saturated heterocycles. The Balaban J connectivity index is 1.61. The number of anilines is 2. The lowest BCUT2D eigenvalue weighted by molar-refractivity contribution is -0.118. The lowest BCUT2D eigenvalue weighted by atomic mass is 10.3. The van der Waals surface area contributed by atoms with Gasteiger partial charge in [-0.15, -0.1) is 0 Å². The van der Waals surface area contributed by atoms with Gasteiger partial charge in [0.25, 0.3) is 15.9 Å². The molecule has 0 fully saturated rings. The summed E-state index contributed by atoms with van der Waals surface area (Å²) in [6, 6.07) is 17.6. The highest BCUT2D eigenvalue weighted by Gasteiger charge is 2.16. The van der Waals surface area contributed by atoms with E-state index in [2.05, 4.69) is 10.0 Å². The van der Waals surface area contributed by atoms with Crippen molar-refractivity contribution < 1.29 is 22.3 Å². The first kappa shape index (κ1) is 20.6. The van der Waals surface area contributed by atoms with E-state index in [0.717, 1.165) is 6.07 Å². The molecule has 0 saturated carbocycles. The molecular weight excluding hydrogens is 419 g/mol. The molecule has 3 aromatic carbocycles. The van der Waals surface area contributed by atoms with Crippen LogP contribution in [0.15, 0.2) is 77.7 Å². The zero-order valence-electron chi connectivity index (χ0n) is 14.9. The summed E-state index contributed by atoms with van der Waals surface area (Å²) < 4.78 is 46.0. The van der Waals surface area contributed by atoms with E-state index in [0.29, 0.717) is 16.5 Å². The van der Waals surface area contributed by atoms with Crippen LogP contribution in [-0.2, 0) is 14.8 Å². The van der Waals surface area contributed by atoms with Gasteiger partial charge in [-0.05, 0) is 48.5 Å². The molecule has 0 aliphatic carbocycles. The quantitative estimate of drug-likeness (QED) is 0.580. The summed E-state index contributed by atoms with van der Waals surface area (Å²) in [7, 11) is -3.97. The number of hydrogen-bond acceptors (Lipinski definition) is 4. The highest BCUT2D eigenvalue weighted by atomic mass is 35.5. The minimum atomic E-state index is -3.97. The minimum absolute atomic E-state index is 0.0777. The van der Waals surface area contributed by atoms with Crippen molar-refractivity contribution in [2.24, 2.45) is 0 Å². The molecule has 3 aromatic rings. The molecule has 0 aliphatic heterocycles. The summed E-state index contributed by atoms with van der Waals surface area (Å²) in [5, 5.41) is 2.97. The number of amides is 1. The smallest absolute Gasteiger partial charge is 0.262 e. The maximum Gasteiger partial charge on any atom is 0.262 e. The van der Waals surface area contributed by atoms with Crippen LogP contribution in [-0.4, -0.2) is 20.9 Å². The van der Waals surface area contributed by atoms with Crippen molar-refractivity contribution >= 4 is 38.9 Å². The van der Waals surface area contributed by atoms with Crippen LogP contribution >= 0.6 is 11.6 Å². The van der Waals surface area contributed by atoms with Gasteiger partial charge in [0.2, 0.25) is 0 Å². The van der Waals surface area contributed by atoms with E-state index in [-0.39, 0.29) is 17.2 Å². The molecule has 6 nitrogen and oxygen atoms in total. The number of hydrogen-bond donors (Lipinski definition) is 2. The van der Waals surface area contributed by atoms with E-state index >= 15 is 0 Å². The molecule has 0 aliphatic rings. The second kappa shape index (κ2) is 8.93. The number of halogens is 2. The van der Waals surface area contributed by atoms with E-state index in [1.165, 1.54) is 42.5 Å². The third-order valence-corrected chi connectivity index (χ3v) is 5.46. The monoisotopic (exact) mass is 434 g/mol. The van der Waals surface area contributed by atoms with Crippen molar-refractivity contribution in [2.75, 3.05) is 16.6 Å². The zero-order chi connectivity index (χ0) is 20.9. The number of carbonyl (C=O) groups is 1. The molecule has 1 amide bonds. The van der Waals surface area contributed by atoms with Gasteiger partial charge in [0, 0.05) is 5.69 Å². The summed E-state index contributed by atoms with van der Waals surface area (Å²) in [4.78, 5) is 11.9. The van der Waals surface area contributed by atoms with Gasteiger partial charge in [0.1, 0.15) is 11.6 Å². The fourth-order valence-corrected chi connectivity index (χ4v) is 3.62. The highest BCUT2D eigenvalue weighted by molar-refractivity contribution is 7.92. The van der Waals surface area contributed by atoms with E-state index in [4.69, 9.17) is 16.3 Å². The van der Waals surface area contributed by atoms with Crippen molar-refractivity contribution in [3.63, 3.8) is 0 Å². The Morgan fingerprint density at radius 1 is 0.966 bits per heavy atom. The van der Waals surface area contributed by atoms with E-state index in [9.17, 15) is 17.6 Å². The van der Waals surface area contributed by atoms with Crippen LogP contribution in [0, 0.1) is 5.82 Å². The van der Waals surface area contributed by atoms with Crippen LogP contribution in [0.25, 0.3) is 0 Å². The Hall–Kier alpha value is -3.10. The van der Waals surface area contributed by atoms with Gasteiger partial charge in [0.05, 0.1) is 15.6 Å². The van der Waals surface area contributed by atoms with Gasteiger partial charge >= 0.3 is 0 Å². The second-order valence-corrected chi connectivity index (χ2v) is 7.97. The molecule has 3 rings (SSSR count). The van der Waals surface area contributed by atoms with Gasteiger partial charge in [-0.3, -0.25) is 9.52 Å². The van der Waals surface area contributed by atoms with E-state index in [1.807, 2.05) is 0 Å². The summed E-state index contributed by atoms with van der Waals surface area (Å²) in [6.45, 7) is -0.265. The summed E-state index contributed by atoms with van der Waals surface area (Å²) in [5.41, 5.74) is 0.226.